The van der Waals surface area contributed by atoms with Gasteiger partial charge < -0.3 is 0 Å². The van der Waals surface area contributed by atoms with E-state index in [0.29, 0.717) is 0 Å². The van der Waals surface area contributed by atoms with Crippen molar-refractivity contribution in [2.24, 2.45) is 0 Å². The van der Waals surface area contributed by atoms with Crippen LogP contribution in [-0.2, 0) is 6.42 Å². The summed E-state index contributed by atoms with van der Waals surface area (Å²) in [6.45, 7) is 2.10. The van der Waals surface area contributed by atoms with Gasteiger partial charge in [0.15, 0.2) is 0 Å². The Hall–Kier alpha value is -0.280. The third kappa shape index (κ3) is 2.69. The van der Waals surface area contributed by atoms with Gasteiger partial charge in [-0.3, -0.25) is 0 Å². The van der Waals surface area contributed by atoms with E-state index in [0.717, 1.165) is 10.8 Å². The number of benzene rings is 2. The van der Waals surface area contributed by atoms with Crippen LogP contribution in [0.25, 0.3) is 10.8 Å². The molecule has 0 saturated heterocycles. The van der Waals surface area contributed by atoms with Crippen LogP contribution in [0.4, 0.5) is 0 Å². The molecule has 2 rings (SSSR count). The van der Waals surface area contributed by atoms with Crippen molar-refractivity contribution in [2.75, 3.05) is 4.43 Å². The van der Waals surface area contributed by atoms with Crippen molar-refractivity contribution in [2.45, 2.75) is 18.2 Å². The second kappa shape index (κ2) is 4.92. The van der Waals surface area contributed by atoms with Crippen LogP contribution in [0.3, 0.4) is 0 Å². The Balaban J connectivity index is 2.45. The van der Waals surface area contributed by atoms with Crippen molar-refractivity contribution in [3.63, 3.8) is 0 Å². The van der Waals surface area contributed by atoms with E-state index in [2.05, 4.69) is 72.0 Å². The molecule has 2 aromatic carbocycles. The maximum Gasteiger partial charge on any atom is 0.0548 e. The van der Waals surface area contributed by atoms with Gasteiger partial charge in [-0.05, 0) is 29.7 Å². The summed E-state index contributed by atoms with van der Waals surface area (Å²) in [5.41, 5.74) is 1.34. The third-order valence-electron chi connectivity index (χ3n) is 2.72. The lowest BCUT2D eigenvalue weighted by molar-refractivity contribution is 0.718. The predicted molar refractivity (Wildman–Crippen MR) is 80.8 cm³/mol. The van der Waals surface area contributed by atoms with Crippen LogP contribution in [0.2, 0.25) is 0 Å². The molecule has 0 aliphatic carbocycles. The Kier molecular flexibility index (Phi) is 3.75. The molecular formula is C14H14ClI. The van der Waals surface area contributed by atoms with E-state index in [4.69, 9.17) is 11.6 Å². The highest BCUT2D eigenvalue weighted by atomic mass is 127. The number of hydrogen-bond acceptors (Lipinski definition) is 0. The molecule has 0 heterocycles. The maximum absolute atomic E-state index is 6.45. The summed E-state index contributed by atoms with van der Waals surface area (Å²) in [7, 11) is 0. The van der Waals surface area contributed by atoms with Crippen molar-refractivity contribution in [1.29, 1.82) is 0 Å². The smallest absolute Gasteiger partial charge is 0.0548 e. The summed E-state index contributed by atoms with van der Waals surface area (Å²) >= 11 is 8.80. The predicted octanol–water partition coefficient (Wildman–Crippen LogP) is 4.81. The Bertz CT molecular complexity index is 486. The van der Waals surface area contributed by atoms with Gasteiger partial charge in [-0.25, -0.2) is 0 Å². The molecule has 0 bridgehead atoms. The monoisotopic (exact) mass is 344 g/mol. The fourth-order valence-corrected chi connectivity index (χ4v) is 2.30. The molecule has 16 heavy (non-hydrogen) atoms. The molecule has 0 aliphatic rings. The molecule has 2 heteroatoms. The van der Waals surface area contributed by atoms with E-state index in [1.54, 1.807) is 0 Å². The molecule has 0 fully saturated rings. The van der Waals surface area contributed by atoms with Crippen LogP contribution in [0, 0.1) is 0 Å². The molecular weight excluding hydrogens is 331 g/mol. The molecule has 0 spiro atoms. The van der Waals surface area contributed by atoms with Crippen LogP contribution in [0.1, 0.15) is 12.5 Å². The van der Waals surface area contributed by atoms with E-state index in [-0.39, 0.29) is 4.87 Å². The van der Waals surface area contributed by atoms with E-state index < -0.39 is 0 Å². The highest BCUT2D eigenvalue weighted by Gasteiger charge is 2.20. The molecule has 2 aromatic rings. The number of halogens is 2. The van der Waals surface area contributed by atoms with Crippen molar-refractivity contribution >= 4 is 45.0 Å². The van der Waals surface area contributed by atoms with Crippen molar-refractivity contribution in [3.05, 3.63) is 48.0 Å². The fraction of sp³-hybridized carbons (Fsp3) is 0.286. The second-order valence-electron chi connectivity index (χ2n) is 4.36. The third-order valence-corrected chi connectivity index (χ3v) is 5.12. The van der Waals surface area contributed by atoms with Gasteiger partial charge >= 0.3 is 0 Å². The summed E-state index contributed by atoms with van der Waals surface area (Å²) in [5, 5.41) is 2.61. The SMILES string of the molecule is CC(Cl)(CI)Cc1cccc2ccccc12. The molecule has 0 N–H and O–H groups in total. The summed E-state index contributed by atoms with van der Waals surface area (Å²) in [4.78, 5) is -0.148. The minimum absolute atomic E-state index is 0.148. The molecule has 0 radical (unpaired) electrons. The number of hydrogen-bond donors (Lipinski definition) is 0. The maximum atomic E-state index is 6.45. The molecule has 0 nitrogen and oxygen atoms in total. The van der Waals surface area contributed by atoms with E-state index in [1.165, 1.54) is 16.3 Å². The van der Waals surface area contributed by atoms with Crippen molar-refractivity contribution < 1.29 is 0 Å². The van der Waals surface area contributed by atoms with Gasteiger partial charge in [-0.2, -0.15) is 0 Å². The lowest BCUT2D eigenvalue weighted by Crippen LogP contribution is -2.21. The first kappa shape index (κ1) is 12.2. The van der Waals surface area contributed by atoms with Crippen LogP contribution in [0.5, 0.6) is 0 Å². The zero-order chi connectivity index (χ0) is 11.6. The van der Waals surface area contributed by atoms with E-state index in [1.807, 2.05) is 0 Å². The lowest BCUT2D eigenvalue weighted by atomic mass is 9.96. The normalized spacial score (nSPS) is 14.9. The average molecular weight is 345 g/mol. The second-order valence-corrected chi connectivity index (χ2v) is 6.04. The Labute approximate surface area is 115 Å². The first-order valence-corrected chi connectivity index (χ1v) is 7.24. The Morgan fingerprint density at radius 2 is 1.81 bits per heavy atom. The molecule has 1 atom stereocenters. The summed E-state index contributed by atoms with van der Waals surface area (Å²) in [6.07, 6.45) is 0.916. The summed E-state index contributed by atoms with van der Waals surface area (Å²) in [5.74, 6) is 0. The summed E-state index contributed by atoms with van der Waals surface area (Å²) < 4.78 is 0.954. The molecule has 0 aromatic heterocycles. The van der Waals surface area contributed by atoms with Gasteiger partial charge in [-0.15, -0.1) is 11.6 Å². The standard InChI is InChI=1S/C14H14ClI/c1-14(15,10-16)9-12-7-4-6-11-5-2-3-8-13(11)12/h2-8H,9-10H2,1H3. The molecule has 0 aliphatic heterocycles. The van der Waals surface area contributed by atoms with Gasteiger partial charge in [0.25, 0.3) is 0 Å². The summed E-state index contributed by atoms with van der Waals surface area (Å²) in [6, 6.07) is 14.9. The van der Waals surface area contributed by atoms with Gasteiger partial charge in [0.1, 0.15) is 0 Å². The first-order valence-electron chi connectivity index (χ1n) is 5.34. The zero-order valence-electron chi connectivity index (χ0n) is 9.21. The minimum Gasteiger partial charge on any atom is -0.118 e. The van der Waals surface area contributed by atoms with Crippen LogP contribution >= 0.6 is 34.2 Å². The number of alkyl halides is 2. The zero-order valence-corrected chi connectivity index (χ0v) is 12.1. The first-order chi connectivity index (χ1) is 7.62. The lowest BCUT2D eigenvalue weighted by Gasteiger charge is -2.19. The topological polar surface area (TPSA) is 0 Å². The average Bonchev–Trinajstić information content (AvgIpc) is 2.29. The van der Waals surface area contributed by atoms with Crippen LogP contribution in [-0.4, -0.2) is 9.30 Å². The van der Waals surface area contributed by atoms with Gasteiger partial charge in [-0.1, -0.05) is 65.1 Å². The number of fused-ring (bicyclic) bond motifs is 1. The highest BCUT2D eigenvalue weighted by Crippen LogP contribution is 2.27. The molecule has 0 amide bonds. The molecule has 0 saturated carbocycles. The van der Waals surface area contributed by atoms with E-state index >= 15 is 0 Å². The Morgan fingerprint density at radius 1 is 1.12 bits per heavy atom. The Morgan fingerprint density at radius 3 is 2.56 bits per heavy atom. The highest BCUT2D eigenvalue weighted by molar-refractivity contribution is 14.1. The van der Waals surface area contributed by atoms with Crippen molar-refractivity contribution in [1.82, 2.24) is 0 Å². The van der Waals surface area contributed by atoms with Gasteiger partial charge in [0.05, 0.1) is 4.87 Å². The van der Waals surface area contributed by atoms with Crippen LogP contribution < -0.4 is 0 Å². The molecule has 84 valence electrons. The van der Waals surface area contributed by atoms with E-state index in [9.17, 15) is 0 Å². The molecule has 1 unspecified atom stereocenters. The van der Waals surface area contributed by atoms with Crippen LogP contribution in [0.15, 0.2) is 42.5 Å². The van der Waals surface area contributed by atoms with Gasteiger partial charge in [0.2, 0.25) is 0 Å². The van der Waals surface area contributed by atoms with Crippen molar-refractivity contribution in [3.8, 4) is 0 Å². The van der Waals surface area contributed by atoms with Gasteiger partial charge in [0, 0.05) is 4.43 Å². The quantitative estimate of drug-likeness (QED) is 0.553. The fourth-order valence-electron chi connectivity index (χ4n) is 1.89. The largest absolute Gasteiger partial charge is 0.118 e. The number of rotatable bonds is 3. The minimum atomic E-state index is -0.148.